The van der Waals surface area contributed by atoms with Crippen molar-refractivity contribution in [2.45, 2.75) is 35.7 Å². The summed E-state index contributed by atoms with van der Waals surface area (Å²) in [7, 11) is 3.26. The lowest BCUT2D eigenvalue weighted by atomic mass is 9.97. The smallest absolute Gasteiger partial charge is 0.264 e. The summed E-state index contributed by atoms with van der Waals surface area (Å²) >= 11 is 1.50. The minimum Gasteiger partial charge on any atom is -0.493 e. The van der Waals surface area contributed by atoms with Crippen LogP contribution in [0.4, 0.5) is 0 Å². The van der Waals surface area contributed by atoms with Crippen LogP contribution in [0.5, 0.6) is 11.5 Å². The Morgan fingerprint density at radius 3 is 2.62 bits per heavy atom. The molecule has 0 amide bonds. The summed E-state index contributed by atoms with van der Waals surface area (Å²) in [5.41, 5.74) is 1.06. The van der Waals surface area contributed by atoms with Crippen molar-refractivity contribution in [3.05, 3.63) is 30.1 Å². The summed E-state index contributed by atoms with van der Waals surface area (Å²) in [6.45, 7) is 1.97. The molecule has 4 rings (SSSR count). The molecule has 0 N–H and O–H groups in total. The number of fused-ring (bicyclic) bond motifs is 1. The van der Waals surface area contributed by atoms with Gasteiger partial charge in [0.1, 0.15) is 11.6 Å². The Bertz CT molecular complexity index is 803. The highest BCUT2D eigenvalue weighted by Crippen LogP contribution is 2.43. The predicted octanol–water partition coefficient (Wildman–Crippen LogP) is 2.64. The maximum Gasteiger partial charge on any atom is 0.264 e. The fraction of sp³-hybridized carbons (Fsp3) is 0.500. The summed E-state index contributed by atoms with van der Waals surface area (Å²) in [5.74, 6) is 1.36. The first kappa shape index (κ1) is 17.4. The quantitative estimate of drug-likeness (QED) is 0.797. The molecule has 0 bridgehead atoms. The van der Waals surface area contributed by atoms with Crippen molar-refractivity contribution < 1.29 is 14.3 Å². The van der Waals surface area contributed by atoms with E-state index in [9.17, 15) is 4.79 Å². The van der Waals surface area contributed by atoms with Gasteiger partial charge in [-0.1, -0.05) is 24.2 Å². The van der Waals surface area contributed by atoms with E-state index in [-0.39, 0.29) is 17.2 Å². The first-order chi connectivity index (χ1) is 12.7. The monoisotopic (exact) mass is 374 g/mol. The summed E-state index contributed by atoms with van der Waals surface area (Å²) < 4.78 is 12.3. The zero-order chi connectivity index (χ0) is 18.1. The molecule has 7 nitrogen and oxygen atoms in total. The highest BCUT2D eigenvalue weighted by molar-refractivity contribution is 8.00. The fourth-order valence-corrected chi connectivity index (χ4v) is 4.99. The number of benzene rings is 1. The van der Waals surface area contributed by atoms with Crippen LogP contribution in [0, 0.1) is 0 Å². The molecule has 2 aliphatic heterocycles. The van der Waals surface area contributed by atoms with Crippen molar-refractivity contribution in [3.63, 3.8) is 0 Å². The first-order valence-electron chi connectivity index (χ1n) is 8.80. The molecule has 0 aliphatic carbocycles. The van der Waals surface area contributed by atoms with Gasteiger partial charge in [-0.15, -0.1) is 0 Å². The van der Waals surface area contributed by atoms with Crippen molar-refractivity contribution in [2.75, 3.05) is 27.3 Å². The van der Waals surface area contributed by atoms with Crippen molar-refractivity contribution in [1.29, 1.82) is 0 Å². The molecule has 8 heteroatoms. The third-order valence-corrected chi connectivity index (χ3v) is 6.22. The van der Waals surface area contributed by atoms with E-state index >= 15 is 0 Å². The molecular weight excluding hydrogens is 352 g/mol. The number of hydrogen-bond acceptors (Lipinski definition) is 7. The van der Waals surface area contributed by atoms with E-state index in [0.29, 0.717) is 16.7 Å². The number of likely N-dealkylation sites (tertiary alicyclic amines) is 1. The predicted molar refractivity (Wildman–Crippen MR) is 98.0 cm³/mol. The van der Waals surface area contributed by atoms with Crippen LogP contribution in [-0.2, 0) is 0 Å². The molecule has 2 atom stereocenters. The summed E-state index contributed by atoms with van der Waals surface area (Å²) in [6, 6.07) is 5.88. The molecular formula is C18H22N4O3S. The third kappa shape index (κ3) is 2.97. The maximum absolute atomic E-state index is 12.9. The van der Waals surface area contributed by atoms with Crippen LogP contribution in [0.3, 0.4) is 0 Å². The average Bonchev–Trinajstić information content (AvgIpc) is 3.26. The highest BCUT2D eigenvalue weighted by Gasteiger charge is 2.42. The fourth-order valence-electron chi connectivity index (χ4n) is 3.76. The zero-order valence-corrected chi connectivity index (χ0v) is 15.7. The van der Waals surface area contributed by atoms with Crippen LogP contribution in [0.1, 0.15) is 35.7 Å². The van der Waals surface area contributed by atoms with Crippen LogP contribution >= 0.6 is 11.8 Å². The molecule has 2 unspecified atom stereocenters. The van der Waals surface area contributed by atoms with Crippen LogP contribution in [0.2, 0.25) is 0 Å². The van der Waals surface area contributed by atoms with Crippen LogP contribution in [-0.4, -0.2) is 58.1 Å². The summed E-state index contributed by atoms with van der Waals surface area (Å²) in [4.78, 5) is 19.6. The van der Waals surface area contributed by atoms with E-state index in [0.717, 1.165) is 31.5 Å². The number of thioether (sulfide) groups is 1. The Labute approximate surface area is 156 Å². The van der Waals surface area contributed by atoms with Crippen LogP contribution in [0.25, 0.3) is 0 Å². The van der Waals surface area contributed by atoms with Gasteiger partial charge in [-0.25, -0.2) is 4.98 Å². The number of carbonyl (C=O) groups is 1. The maximum atomic E-state index is 12.9. The lowest BCUT2D eigenvalue weighted by Gasteiger charge is -2.37. The number of piperidine rings is 1. The standard InChI is InChI=1S/C18H22N4O3S/c1-24-13-7-6-12(10-14(13)25-2)15(21-8-4-3-5-9-21)16-17(23)22-18(26-16)19-11-20-22/h6-7,10-11,15-16H,3-5,8-9H2,1-2H3. The van der Waals surface area contributed by atoms with Gasteiger partial charge in [-0.2, -0.15) is 9.78 Å². The van der Waals surface area contributed by atoms with E-state index in [4.69, 9.17) is 9.47 Å². The normalized spacial score (nSPS) is 21.5. The number of ether oxygens (including phenoxy) is 2. The molecule has 138 valence electrons. The SMILES string of the molecule is COc1ccc(C(C2Sc3ncnn3C2=O)N2CCCCC2)cc1OC. The topological polar surface area (TPSA) is 69.5 Å². The summed E-state index contributed by atoms with van der Waals surface area (Å²) in [6.07, 6.45) is 4.98. The molecule has 0 radical (unpaired) electrons. The second kappa shape index (κ2) is 7.28. The van der Waals surface area contributed by atoms with Crippen molar-refractivity contribution >= 4 is 17.7 Å². The van der Waals surface area contributed by atoms with Gasteiger partial charge >= 0.3 is 0 Å². The molecule has 0 saturated carbocycles. The Kier molecular flexibility index (Phi) is 4.86. The zero-order valence-electron chi connectivity index (χ0n) is 14.9. The van der Waals surface area contributed by atoms with E-state index < -0.39 is 0 Å². The van der Waals surface area contributed by atoms with Crippen LogP contribution in [0.15, 0.2) is 29.7 Å². The summed E-state index contributed by atoms with van der Waals surface area (Å²) in [5, 5.41) is 4.49. The van der Waals surface area contributed by atoms with E-state index in [1.165, 1.54) is 29.2 Å². The van der Waals surface area contributed by atoms with Gasteiger partial charge < -0.3 is 9.47 Å². The largest absolute Gasteiger partial charge is 0.493 e. The number of hydrogen-bond donors (Lipinski definition) is 0. The van der Waals surface area contributed by atoms with Gasteiger partial charge in [0.2, 0.25) is 0 Å². The molecule has 2 aromatic rings. The minimum absolute atomic E-state index is 0.00661. The number of nitrogens with zero attached hydrogens (tertiary/aromatic N) is 4. The van der Waals surface area contributed by atoms with E-state index in [1.54, 1.807) is 14.2 Å². The molecule has 2 aliphatic rings. The van der Waals surface area contributed by atoms with Crippen LogP contribution < -0.4 is 9.47 Å². The van der Waals surface area contributed by atoms with E-state index in [1.807, 2.05) is 18.2 Å². The Morgan fingerprint density at radius 1 is 1.15 bits per heavy atom. The number of rotatable bonds is 5. The molecule has 0 spiro atoms. The first-order valence-corrected chi connectivity index (χ1v) is 9.67. The average molecular weight is 374 g/mol. The van der Waals surface area contributed by atoms with Crippen molar-refractivity contribution in [3.8, 4) is 11.5 Å². The molecule has 1 aromatic heterocycles. The Morgan fingerprint density at radius 2 is 1.92 bits per heavy atom. The molecule has 26 heavy (non-hydrogen) atoms. The van der Waals surface area contributed by atoms with Crippen molar-refractivity contribution in [2.24, 2.45) is 0 Å². The van der Waals surface area contributed by atoms with Gasteiger partial charge in [0.25, 0.3) is 5.91 Å². The molecule has 1 aromatic carbocycles. The second-order valence-corrected chi connectivity index (χ2v) is 7.60. The lowest BCUT2D eigenvalue weighted by Crippen LogP contribution is -2.41. The lowest BCUT2D eigenvalue weighted by molar-refractivity contribution is 0.0818. The molecule has 1 fully saturated rings. The van der Waals surface area contributed by atoms with Gasteiger partial charge in [0.05, 0.1) is 20.3 Å². The van der Waals surface area contributed by atoms with Gasteiger partial charge in [0.15, 0.2) is 16.7 Å². The Hall–Kier alpha value is -2.06. The number of carbonyl (C=O) groups excluding carboxylic acids is 1. The third-order valence-electron chi connectivity index (χ3n) is 5.02. The highest BCUT2D eigenvalue weighted by atomic mass is 32.2. The Balaban J connectivity index is 1.72. The van der Waals surface area contributed by atoms with E-state index in [2.05, 4.69) is 15.0 Å². The van der Waals surface area contributed by atoms with Gasteiger partial charge in [-0.05, 0) is 43.6 Å². The van der Waals surface area contributed by atoms with Crippen molar-refractivity contribution in [1.82, 2.24) is 19.7 Å². The number of methoxy groups -OCH3 is 2. The number of aromatic nitrogens is 3. The minimum atomic E-state index is -0.262. The molecule has 1 saturated heterocycles. The van der Waals surface area contributed by atoms with Gasteiger partial charge in [-0.3, -0.25) is 9.69 Å². The second-order valence-electron chi connectivity index (χ2n) is 6.49. The van der Waals surface area contributed by atoms with Gasteiger partial charge in [0, 0.05) is 0 Å². The molecule has 3 heterocycles.